The van der Waals surface area contributed by atoms with Gasteiger partial charge in [0, 0.05) is 25.0 Å². The highest BCUT2D eigenvalue weighted by Crippen LogP contribution is 2.30. The van der Waals surface area contributed by atoms with Gasteiger partial charge in [0.2, 0.25) is 0 Å². The van der Waals surface area contributed by atoms with Gasteiger partial charge < -0.3 is 0 Å². The summed E-state index contributed by atoms with van der Waals surface area (Å²) in [4.78, 5) is 6.88. The molecule has 1 aromatic heterocycles. The number of piperidine rings is 1. The Bertz CT molecular complexity index is 308. The van der Waals surface area contributed by atoms with Crippen LogP contribution in [0.4, 0.5) is 0 Å². The van der Waals surface area contributed by atoms with Gasteiger partial charge in [-0.3, -0.25) is 9.88 Å². The van der Waals surface area contributed by atoms with Gasteiger partial charge in [-0.15, -0.1) is 0 Å². The standard InChI is InChI=1S/C14H22N2/c1-12(2)11-16-9-4-3-7-14(16)13-6-5-8-15-10-13/h5-6,8,10,12,14H,3-4,7,9,11H2,1-2H3. The molecule has 2 heterocycles. The molecule has 88 valence electrons. The van der Waals surface area contributed by atoms with Gasteiger partial charge in [-0.25, -0.2) is 0 Å². The molecule has 0 spiro atoms. The predicted octanol–water partition coefficient (Wildman–Crippen LogP) is 3.26. The Balaban J connectivity index is 2.10. The Kier molecular flexibility index (Phi) is 3.94. The Hall–Kier alpha value is -0.890. The SMILES string of the molecule is CC(C)CN1CCCCC1c1cccnc1. The quantitative estimate of drug-likeness (QED) is 0.774. The van der Waals surface area contributed by atoms with Gasteiger partial charge in [0.1, 0.15) is 0 Å². The number of likely N-dealkylation sites (tertiary alicyclic amines) is 1. The van der Waals surface area contributed by atoms with E-state index in [-0.39, 0.29) is 0 Å². The Morgan fingerprint density at radius 2 is 2.31 bits per heavy atom. The van der Waals surface area contributed by atoms with E-state index in [0.717, 1.165) is 5.92 Å². The van der Waals surface area contributed by atoms with Gasteiger partial charge in [0.05, 0.1) is 0 Å². The minimum atomic E-state index is 0.602. The Labute approximate surface area is 98.7 Å². The Morgan fingerprint density at radius 1 is 1.44 bits per heavy atom. The maximum Gasteiger partial charge on any atom is 0.0363 e. The van der Waals surface area contributed by atoms with Crippen molar-refractivity contribution < 1.29 is 0 Å². The number of aromatic nitrogens is 1. The fraction of sp³-hybridized carbons (Fsp3) is 0.643. The van der Waals surface area contributed by atoms with Crippen LogP contribution in [0.3, 0.4) is 0 Å². The summed E-state index contributed by atoms with van der Waals surface area (Å²) in [6.45, 7) is 7.06. The average molecular weight is 218 g/mol. The summed E-state index contributed by atoms with van der Waals surface area (Å²) in [6.07, 6.45) is 7.89. The molecular weight excluding hydrogens is 196 g/mol. The molecule has 2 nitrogen and oxygen atoms in total. The molecule has 0 aromatic carbocycles. The molecule has 0 radical (unpaired) electrons. The zero-order valence-corrected chi connectivity index (χ0v) is 10.4. The van der Waals surface area contributed by atoms with Crippen LogP contribution in [0.1, 0.15) is 44.7 Å². The summed E-state index contributed by atoms with van der Waals surface area (Å²) in [7, 11) is 0. The molecule has 16 heavy (non-hydrogen) atoms. The normalized spacial score (nSPS) is 22.6. The molecule has 0 saturated carbocycles. The van der Waals surface area contributed by atoms with Gasteiger partial charge in [0.15, 0.2) is 0 Å². The largest absolute Gasteiger partial charge is 0.296 e. The van der Waals surface area contributed by atoms with Crippen LogP contribution >= 0.6 is 0 Å². The first-order valence-electron chi connectivity index (χ1n) is 6.41. The molecule has 1 saturated heterocycles. The van der Waals surface area contributed by atoms with Gasteiger partial charge in [-0.1, -0.05) is 26.3 Å². The van der Waals surface area contributed by atoms with Crippen LogP contribution in [-0.2, 0) is 0 Å². The summed E-state index contributed by atoms with van der Waals surface area (Å²) in [5.74, 6) is 0.747. The van der Waals surface area contributed by atoms with Crippen molar-refractivity contribution in [3.8, 4) is 0 Å². The highest BCUT2D eigenvalue weighted by Gasteiger charge is 2.24. The fourth-order valence-corrected chi connectivity index (χ4v) is 2.63. The highest BCUT2D eigenvalue weighted by atomic mass is 15.2. The molecule has 1 fully saturated rings. The summed E-state index contributed by atoms with van der Waals surface area (Å²) < 4.78 is 0. The van der Waals surface area contributed by atoms with Crippen molar-refractivity contribution in [3.05, 3.63) is 30.1 Å². The van der Waals surface area contributed by atoms with E-state index in [1.807, 2.05) is 12.4 Å². The first-order chi connectivity index (χ1) is 7.77. The van der Waals surface area contributed by atoms with E-state index in [0.29, 0.717) is 6.04 Å². The second-order valence-corrected chi connectivity index (χ2v) is 5.19. The van der Waals surface area contributed by atoms with Crippen molar-refractivity contribution in [3.63, 3.8) is 0 Å². The van der Waals surface area contributed by atoms with Crippen molar-refractivity contribution >= 4 is 0 Å². The van der Waals surface area contributed by atoms with E-state index in [2.05, 4.69) is 35.9 Å². The third-order valence-corrected chi connectivity index (χ3v) is 3.28. The van der Waals surface area contributed by atoms with Gasteiger partial charge >= 0.3 is 0 Å². The van der Waals surface area contributed by atoms with Crippen LogP contribution < -0.4 is 0 Å². The van der Waals surface area contributed by atoms with Crippen molar-refractivity contribution in [1.82, 2.24) is 9.88 Å². The van der Waals surface area contributed by atoms with Crippen molar-refractivity contribution in [2.24, 2.45) is 5.92 Å². The number of pyridine rings is 1. The molecule has 2 rings (SSSR count). The maximum absolute atomic E-state index is 4.25. The van der Waals surface area contributed by atoms with Crippen LogP contribution in [-0.4, -0.2) is 23.0 Å². The highest BCUT2D eigenvalue weighted by molar-refractivity contribution is 5.14. The summed E-state index contributed by atoms with van der Waals surface area (Å²) in [6, 6.07) is 4.87. The minimum absolute atomic E-state index is 0.602. The molecular formula is C14H22N2. The molecule has 1 aliphatic rings. The smallest absolute Gasteiger partial charge is 0.0363 e. The molecule has 0 aliphatic carbocycles. The van der Waals surface area contributed by atoms with E-state index >= 15 is 0 Å². The second kappa shape index (κ2) is 5.44. The lowest BCUT2D eigenvalue weighted by atomic mass is 9.95. The molecule has 1 unspecified atom stereocenters. The lowest BCUT2D eigenvalue weighted by Gasteiger charge is -2.36. The molecule has 1 atom stereocenters. The molecule has 1 aliphatic heterocycles. The summed E-state index contributed by atoms with van der Waals surface area (Å²) in [5, 5.41) is 0. The van der Waals surface area contributed by atoms with Gasteiger partial charge in [-0.05, 0) is 36.9 Å². The maximum atomic E-state index is 4.25. The number of hydrogen-bond donors (Lipinski definition) is 0. The van der Waals surface area contributed by atoms with E-state index in [1.165, 1.54) is 37.9 Å². The molecule has 2 heteroatoms. The van der Waals surface area contributed by atoms with Gasteiger partial charge in [-0.2, -0.15) is 0 Å². The molecule has 0 N–H and O–H groups in total. The van der Waals surface area contributed by atoms with E-state index in [9.17, 15) is 0 Å². The topological polar surface area (TPSA) is 16.1 Å². The van der Waals surface area contributed by atoms with Crippen LogP contribution in [0.25, 0.3) is 0 Å². The first-order valence-corrected chi connectivity index (χ1v) is 6.41. The lowest BCUT2D eigenvalue weighted by Crippen LogP contribution is -2.36. The van der Waals surface area contributed by atoms with Crippen molar-refractivity contribution in [2.75, 3.05) is 13.1 Å². The first kappa shape index (κ1) is 11.6. The van der Waals surface area contributed by atoms with Crippen molar-refractivity contribution in [2.45, 2.75) is 39.2 Å². The fourth-order valence-electron chi connectivity index (χ4n) is 2.63. The molecule has 1 aromatic rings. The zero-order chi connectivity index (χ0) is 11.4. The van der Waals surface area contributed by atoms with Crippen LogP contribution in [0, 0.1) is 5.92 Å². The zero-order valence-electron chi connectivity index (χ0n) is 10.4. The molecule has 0 amide bonds. The monoisotopic (exact) mass is 218 g/mol. The lowest BCUT2D eigenvalue weighted by molar-refractivity contribution is 0.132. The predicted molar refractivity (Wildman–Crippen MR) is 67.2 cm³/mol. The van der Waals surface area contributed by atoms with Crippen LogP contribution in [0.5, 0.6) is 0 Å². The van der Waals surface area contributed by atoms with Crippen LogP contribution in [0.15, 0.2) is 24.5 Å². The number of nitrogens with zero attached hydrogens (tertiary/aromatic N) is 2. The van der Waals surface area contributed by atoms with Gasteiger partial charge in [0.25, 0.3) is 0 Å². The van der Waals surface area contributed by atoms with Crippen molar-refractivity contribution in [1.29, 1.82) is 0 Å². The third-order valence-electron chi connectivity index (χ3n) is 3.28. The summed E-state index contributed by atoms with van der Waals surface area (Å²) >= 11 is 0. The second-order valence-electron chi connectivity index (χ2n) is 5.19. The average Bonchev–Trinajstić information content (AvgIpc) is 2.30. The van der Waals surface area contributed by atoms with E-state index < -0.39 is 0 Å². The number of hydrogen-bond acceptors (Lipinski definition) is 2. The number of rotatable bonds is 3. The third kappa shape index (κ3) is 2.82. The molecule has 0 bridgehead atoms. The van der Waals surface area contributed by atoms with Crippen LogP contribution in [0.2, 0.25) is 0 Å². The minimum Gasteiger partial charge on any atom is -0.296 e. The Morgan fingerprint density at radius 3 is 3.00 bits per heavy atom. The summed E-state index contributed by atoms with van der Waals surface area (Å²) in [5.41, 5.74) is 1.39. The van der Waals surface area contributed by atoms with E-state index in [1.54, 1.807) is 0 Å². The van der Waals surface area contributed by atoms with E-state index in [4.69, 9.17) is 0 Å².